The van der Waals surface area contributed by atoms with E-state index >= 15 is 0 Å². The summed E-state index contributed by atoms with van der Waals surface area (Å²) in [7, 11) is 0. The van der Waals surface area contributed by atoms with Crippen molar-refractivity contribution in [3.63, 3.8) is 0 Å². The van der Waals surface area contributed by atoms with E-state index in [9.17, 15) is 5.11 Å². The molecule has 3 heterocycles. The second-order valence-corrected chi connectivity index (χ2v) is 7.03. The molecule has 1 fully saturated rings. The average Bonchev–Trinajstić information content (AvgIpc) is 3.19. The summed E-state index contributed by atoms with van der Waals surface area (Å²) in [5.41, 5.74) is 0. The van der Waals surface area contributed by atoms with Crippen LogP contribution in [0.3, 0.4) is 0 Å². The summed E-state index contributed by atoms with van der Waals surface area (Å²) in [6, 6.07) is 4.00. The summed E-state index contributed by atoms with van der Waals surface area (Å²) in [4.78, 5) is 10.3. The normalized spacial score (nSPS) is 18.3. The molecule has 0 saturated carbocycles. The third kappa shape index (κ3) is 4.84. The molecule has 0 spiro atoms. The molecule has 1 aliphatic heterocycles. The second kappa shape index (κ2) is 8.01. The molecule has 126 valence electrons. The molecule has 0 bridgehead atoms. The molecule has 1 aliphatic rings. The van der Waals surface area contributed by atoms with Gasteiger partial charge in [0.15, 0.2) is 0 Å². The van der Waals surface area contributed by atoms with Crippen LogP contribution in [0.4, 0.5) is 0 Å². The van der Waals surface area contributed by atoms with Gasteiger partial charge in [0, 0.05) is 39.1 Å². The molecule has 1 atom stereocenters. The highest BCUT2D eigenvalue weighted by Crippen LogP contribution is 2.21. The van der Waals surface area contributed by atoms with Crippen LogP contribution >= 0.6 is 11.3 Å². The smallest absolute Gasteiger partial charge is 0.227 e. The minimum absolute atomic E-state index is 0.239. The van der Waals surface area contributed by atoms with Crippen molar-refractivity contribution in [2.24, 2.45) is 0 Å². The van der Waals surface area contributed by atoms with Gasteiger partial charge in [-0.3, -0.25) is 4.90 Å². The predicted octanol–water partition coefficient (Wildman–Crippen LogP) is 1.73. The molecule has 7 heteroatoms. The average molecular weight is 336 g/mol. The first kappa shape index (κ1) is 16.6. The molecule has 0 radical (unpaired) electrons. The van der Waals surface area contributed by atoms with Crippen LogP contribution in [-0.4, -0.2) is 70.4 Å². The lowest BCUT2D eigenvalue weighted by Crippen LogP contribution is -2.48. The number of piperazine rings is 1. The lowest BCUT2D eigenvalue weighted by atomic mass is 10.2. The van der Waals surface area contributed by atoms with E-state index in [2.05, 4.69) is 19.9 Å². The van der Waals surface area contributed by atoms with Gasteiger partial charge in [-0.15, -0.1) is 11.3 Å². The Kier molecular flexibility index (Phi) is 5.77. The van der Waals surface area contributed by atoms with Crippen LogP contribution in [0.5, 0.6) is 0 Å². The number of hydrogen-bond donors (Lipinski definition) is 1. The maximum Gasteiger partial charge on any atom is 0.227 e. The molecule has 23 heavy (non-hydrogen) atoms. The van der Waals surface area contributed by atoms with E-state index < -0.39 is 0 Å². The van der Waals surface area contributed by atoms with Crippen molar-refractivity contribution in [2.75, 3.05) is 39.3 Å². The summed E-state index contributed by atoms with van der Waals surface area (Å²) in [5.74, 6) is 1.42. The summed E-state index contributed by atoms with van der Waals surface area (Å²) in [6.07, 6.45) is 1.62. The zero-order chi connectivity index (χ0) is 16.1. The van der Waals surface area contributed by atoms with Gasteiger partial charge in [-0.1, -0.05) is 11.2 Å². The lowest BCUT2D eigenvalue weighted by molar-refractivity contribution is 0.0802. The molecule has 0 aromatic carbocycles. The topological polar surface area (TPSA) is 65.6 Å². The number of aromatic nitrogens is 2. The fourth-order valence-electron chi connectivity index (χ4n) is 2.89. The molecule has 3 rings (SSSR count). The molecule has 6 nitrogen and oxygen atoms in total. The molecule has 1 N–H and O–H groups in total. The zero-order valence-electron chi connectivity index (χ0n) is 13.5. The van der Waals surface area contributed by atoms with Crippen LogP contribution in [0.1, 0.15) is 19.2 Å². The van der Waals surface area contributed by atoms with Gasteiger partial charge in [0.1, 0.15) is 0 Å². The lowest BCUT2D eigenvalue weighted by Gasteiger charge is -2.35. The number of aliphatic hydroxyl groups excluding tert-OH is 1. The van der Waals surface area contributed by atoms with Crippen LogP contribution in [-0.2, 0) is 6.42 Å². The van der Waals surface area contributed by atoms with E-state index in [4.69, 9.17) is 4.52 Å². The van der Waals surface area contributed by atoms with Gasteiger partial charge < -0.3 is 14.5 Å². The van der Waals surface area contributed by atoms with E-state index in [-0.39, 0.29) is 6.10 Å². The van der Waals surface area contributed by atoms with Crippen LogP contribution in [0, 0.1) is 0 Å². The first-order valence-electron chi connectivity index (χ1n) is 8.20. The van der Waals surface area contributed by atoms with Crippen molar-refractivity contribution in [1.29, 1.82) is 0 Å². The zero-order valence-corrected chi connectivity index (χ0v) is 14.3. The largest absolute Gasteiger partial charge is 0.392 e. The molecule has 1 saturated heterocycles. The van der Waals surface area contributed by atoms with Gasteiger partial charge >= 0.3 is 0 Å². The predicted molar refractivity (Wildman–Crippen MR) is 90.5 cm³/mol. The Labute approximate surface area is 140 Å². The van der Waals surface area contributed by atoms with Gasteiger partial charge in [0.05, 0.1) is 11.0 Å². The molecule has 2 aromatic heterocycles. The van der Waals surface area contributed by atoms with E-state index in [0.29, 0.717) is 5.82 Å². The number of aliphatic hydroxyl groups is 1. The fraction of sp³-hybridized carbons (Fsp3) is 0.625. The SMILES string of the molecule is C[C@H](O)CN1CCN(CCCc2nc(-c3cccs3)no2)CC1. The Morgan fingerprint density at radius 1 is 1.30 bits per heavy atom. The van der Waals surface area contributed by atoms with Crippen LogP contribution in [0.2, 0.25) is 0 Å². The third-order valence-corrected chi connectivity index (χ3v) is 4.93. The summed E-state index contributed by atoms with van der Waals surface area (Å²) >= 11 is 1.62. The van der Waals surface area contributed by atoms with Crippen molar-refractivity contribution in [3.8, 4) is 10.7 Å². The summed E-state index contributed by atoms with van der Waals surface area (Å²) in [6.45, 7) is 7.89. The Morgan fingerprint density at radius 3 is 2.78 bits per heavy atom. The highest BCUT2D eigenvalue weighted by Gasteiger charge is 2.17. The number of hydrogen-bond acceptors (Lipinski definition) is 7. The quantitative estimate of drug-likeness (QED) is 0.831. The van der Waals surface area contributed by atoms with Crippen LogP contribution in [0.15, 0.2) is 22.0 Å². The number of rotatable bonds is 7. The minimum Gasteiger partial charge on any atom is -0.392 e. The first-order chi connectivity index (χ1) is 11.2. The maximum absolute atomic E-state index is 9.43. The Bertz CT molecular complexity index is 577. The van der Waals surface area contributed by atoms with Crippen molar-refractivity contribution in [3.05, 3.63) is 23.4 Å². The van der Waals surface area contributed by atoms with Gasteiger partial charge in [0.25, 0.3) is 0 Å². The molecule has 0 aliphatic carbocycles. The summed E-state index contributed by atoms with van der Waals surface area (Å²) in [5, 5.41) is 15.5. The highest BCUT2D eigenvalue weighted by molar-refractivity contribution is 7.13. The van der Waals surface area contributed by atoms with E-state index in [1.807, 2.05) is 24.4 Å². The summed E-state index contributed by atoms with van der Waals surface area (Å²) < 4.78 is 5.33. The van der Waals surface area contributed by atoms with Crippen molar-refractivity contribution in [2.45, 2.75) is 25.9 Å². The number of nitrogens with zero attached hydrogens (tertiary/aromatic N) is 4. The van der Waals surface area contributed by atoms with Gasteiger partial charge in [-0.25, -0.2) is 0 Å². The molecular formula is C16H24N4O2S. The second-order valence-electron chi connectivity index (χ2n) is 6.08. The monoisotopic (exact) mass is 336 g/mol. The first-order valence-corrected chi connectivity index (χ1v) is 9.08. The molecule has 0 unspecified atom stereocenters. The maximum atomic E-state index is 9.43. The van der Waals surface area contributed by atoms with Crippen LogP contribution in [0.25, 0.3) is 10.7 Å². The number of β-amino-alcohol motifs (C(OH)–C–C–N with tert-alkyl or cyclic N) is 1. The third-order valence-electron chi connectivity index (χ3n) is 4.06. The van der Waals surface area contributed by atoms with Gasteiger partial charge in [-0.2, -0.15) is 4.98 Å². The van der Waals surface area contributed by atoms with Crippen molar-refractivity contribution in [1.82, 2.24) is 19.9 Å². The Hall–Kier alpha value is -1.28. The Morgan fingerprint density at radius 2 is 2.09 bits per heavy atom. The van der Waals surface area contributed by atoms with Gasteiger partial charge in [-0.05, 0) is 31.3 Å². The van der Waals surface area contributed by atoms with Crippen LogP contribution < -0.4 is 0 Å². The van der Waals surface area contributed by atoms with Crippen molar-refractivity contribution < 1.29 is 9.63 Å². The minimum atomic E-state index is -0.239. The number of thiophene rings is 1. The highest BCUT2D eigenvalue weighted by atomic mass is 32.1. The van der Waals surface area contributed by atoms with Gasteiger partial charge in [0.2, 0.25) is 11.7 Å². The standard InChI is InChI=1S/C16H24N4O2S/c1-13(21)12-20-9-7-19(8-10-20)6-2-5-15-17-16(18-22-15)14-4-3-11-23-14/h3-4,11,13,21H,2,5-10,12H2,1H3/t13-/m0/s1. The number of aryl methyl sites for hydroxylation is 1. The molecule has 2 aromatic rings. The molecule has 0 amide bonds. The fourth-order valence-corrected chi connectivity index (χ4v) is 3.53. The van der Waals surface area contributed by atoms with E-state index in [1.165, 1.54) is 0 Å². The van der Waals surface area contributed by atoms with E-state index in [1.54, 1.807) is 11.3 Å². The van der Waals surface area contributed by atoms with E-state index in [0.717, 1.165) is 62.9 Å². The van der Waals surface area contributed by atoms with Crippen molar-refractivity contribution >= 4 is 11.3 Å². The molecular weight excluding hydrogens is 312 g/mol. The Balaban J connectivity index is 1.37.